The molecule has 0 aliphatic carbocycles. The second kappa shape index (κ2) is 16.2. The quantitative estimate of drug-likeness (QED) is 0.135. The van der Waals surface area contributed by atoms with Crippen LogP contribution in [0.15, 0.2) is 259 Å². The van der Waals surface area contributed by atoms with Crippen molar-refractivity contribution in [1.82, 2.24) is 0 Å². The Balaban J connectivity index is 0.884. The van der Waals surface area contributed by atoms with Crippen LogP contribution in [-0.4, -0.2) is 0 Å². The van der Waals surface area contributed by atoms with Crippen molar-refractivity contribution in [3.05, 3.63) is 255 Å². The Labute approximate surface area is 378 Å². The number of anilines is 6. The molecule has 0 unspecified atom stereocenters. The van der Waals surface area contributed by atoms with Gasteiger partial charge in [0.25, 0.3) is 0 Å². The summed E-state index contributed by atoms with van der Waals surface area (Å²) in [5.74, 6) is 0. The molecule has 306 valence electrons. The van der Waals surface area contributed by atoms with E-state index in [2.05, 4.69) is 252 Å². The Bertz CT molecular complexity index is 3620. The normalized spacial score (nSPS) is 11.4. The third-order valence-electron chi connectivity index (χ3n) is 12.7. The molecule has 3 nitrogen and oxygen atoms in total. The lowest BCUT2D eigenvalue weighted by molar-refractivity contribution is 0.669. The van der Waals surface area contributed by atoms with Gasteiger partial charge in [0, 0.05) is 50.7 Å². The maximum absolute atomic E-state index is 6.44. The second-order valence-corrected chi connectivity index (χ2v) is 16.5. The van der Waals surface area contributed by atoms with Crippen LogP contribution in [0.3, 0.4) is 0 Å². The number of para-hydroxylation sites is 2. The van der Waals surface area contributed by atoms with E-state index in [4.69, 9.17) is 4.42 Å². The van der Waals surface area contributed by atoms with Crippen LogP contribution in [-0.2, 0) is 0 Å². The number of furan rings is 1. The molecule has 0 amide bonds. The van der Waals surface area contributed by atoms with Gasteiger partial charge in [-0.2, -0.15) is 0 Å². The van der Waals surface area contributed by atoms with Crippen LogP contribution in [0.5, 0.6) is 0 Å². The maximum atomic E-state index is 6.44. The predicted octanol–water partition coefficient (Wildman–Crippen LogP) is 17.8. The summed E-state index contributed by atoms with van der Waals surface area (Å²) < 4.78 is 6.44. The molecule has 0 N–H and O–H groups in total. The summed E-state index contributed by atoms with van der Waals surface area (Å²) in [7, 11) is 0. The van der Waals surface area contributed by atoms with E-state index in [1.54, 1.807) is 0 Å². The van der Waals surface area contributed by atoms with Gasteiger partial charge in [0.15, 0.2) is 0 Å². The van der Waals surface area contributed by atoms with Crippen molar-refractivity contribution in [3.8, 4) is 33.4 Å². The highest BCUT2D eigenvalue weighted by molar-refractivity contribution is 6.15. The van der Waals surface area contributed by atoms with Gasteiger partial charge in [0.2, 0.25) is 0 Å². The summed E-state index contributed by atoms with van der Waals surface area (Å²) in [5, 5.41) is 7.08. The SMILES string of the molecule is c1ccc(-c2ccc(-c3ccc(N(c4ccccc4)c4ccc(-c5ccc(N(c6ccc7c(c6)oc6ccccc67)c6cc7ccccc7c7ccccc67)cc5)cc4)cc3)cc2)cc1. The summed E-state index contributed by atoms with van der Waals surface area (Å²) in [6.07, 6.45) is 0. The Morgan fingerprint density at radius 2 is 0.631 bits per heavy atom. The molecule has 0 atom stereocenters. The lowest BCUT2D eigenvalue weighted by atomic mass is 9.98. The van der Waals surface area contributed by atoms with Gasteiger partial charge in [-0.3, -0.25) is 0 Å². The van der Waals surface area contributed by atoms with Crippen molar-refractivity contribution in [2.24, 2.45) is 0 Å². The van der Waals surface area contributed by atoms with Crippen LogP contribution in [0.25, 0.3) is 76.9 Å². The molecule has 0 aliphatic rings. The Morgan fingerprint density at radius 1 is 0.231 bits per heavy atom. The van der Waals surface area contributed by atoms with Gasteiger partial charge >= 0.3 is 0 Å². The Hall–Kier alpha value is -8.66. The molecular formula is C62H42N2O. The molecule has 3 heteroatoms. The topological polar surface area (TPSA) is 19.6 Å². The first kappa shape index (κ1) is 38.0. The largest absolute Gasteiger partial charge is 0.456 e. The highest BCUT2D eigenvalue weighted by Gasteiger charge is 2.20. The summed E-state index contributed by atoms with van der Waals surface area (Å²) in [6, 6.07) is 91.3. The van der Waals surface area contributed by atoms with Crippen molar-refractivity contribution in [3.63, 3.8) is 0 Å². The zero-order chi connectivity index (χ0) is 43.1. The fraction of sp³-hybridized carbons (Fsp3) is 0. The minimum Gasteiger partial charge on any atom is -0.456 e. The van der Waals surface area contributed by atoms with Crippen molar-refractivity contribution >= 4 is 77.6 Å². The fourth-order valence-corrected chi connectivity index (χ4v) is 9.42. The van der Waals surface area contributed by atoms with E-state index in [1.165, 1.54) is 43.8 Å². The van der Waals surface area contributed by atoms with Gasteiger partial charge in [0.05, 0.1) is 5.69 Å². The molecule has 65 heavy (non-hydrogen) atoms. The van der Waals surface area contributed by atoms with Gasteiger partial charge in [0.1, 0.15) is 11.2 Å². The van der Waals surface area contributed by atoms with Gasteiger partial charge < -0.3 is 14.2 Å². The smallest absolute Gasteiger partial charge is 0.137 e. The van der Waals surface area contributed by atoms with Gasteiger partial charge in [-0.25, -0.2) is 0 Å². The average molecular weight is 831 g/mol. The molecule has 0 fully saturated rings. The molecule has 0 aliphatic heterocycles. The third-order valence-corrected chi connectivity index (χ3v) is 12.7. The molecule has 12 aromatic rings. The first-order valence-electron chi connectivity index (χ1n) is 22.2. The fourth-order valence-electron chi connectivity index (χ4n) is 9.42. The van der Waals surface area contributed by atoms with Crippen LogP contribution in [0.2, 0.25) is 0 Å². The van der Waals surface area contributed by atoms with E-state index in [0.29, 0.717) is 0 Å². The van der Waals surface area contributed by atoms with Crippen molar-refractivity contribution < 1.29 is 4.42 Å². The standard InChI is InChI=1S/C62H42N2O/c1-3-13-43(14-4-1)44-23-25-45(26-24-44)46-27-33-51(34-28-46)63(50-16-5-2-6-17-50)52-35-29-47(30-36-52)48-31-37-53(38-32-48)64(54-39-40-59-58-21-11-12-22-61(58)65-62(59)42-54)60-41-49-15-7-8-18-55(49)56-19-9-10-20-57(56)60/h1-42H. The molecule has 12 rings (SSSR count). The maximum Gasteiger partial charge on any atom is 0.137 e. The average Bonchev–Trinajstić information content (AvgIpc) is 3.76. The molecule has 0 saturated heterocycles. The minimum absolute atomic E-state index is 0.866. The molecule has 1 heterocycles. The van der Waals surface area contributed by atoms with Crippen molar-refractivity contribution in [2.45, 2.75) is 0 Å². The van der Waals surface area contributed by atoms with Crippen LogP contribution >= 0.6 is 0 Å². The zero-order valence-electron chi connectivity index (χ0n) is 35.6. The number of fused-ring (bicyclic) bond motifs is 6. The van der Waals surface area contributed by atoms with E-state index in [-0.39, 0.29) is 0 Å². The van der Waals surface area contributed by atoms with E-state index in [1.807, 2.05) is 12.1 Å². The van der Waals surface area contributed by atoms with Crippen LogP contribution in [0.4, 0.5) is 34.1 Å². The lowest BCUT2D eigenvalue weighted by Crippen LogP contribution is -2.10. The summed E-state index contributed by atoms with van der Waals surface area (Å²) >= 11 is 0. The highest BCUT2D eigenvalue weighted by Crippen LogP contribution is 2.44. The molecule has 1 aromatic heterocycles. The summed E-state index contributed by atoms with van der Waals surface area (Å²) in [4.78, 5) is 4.69. The number of rotatable bonds is 9. The number of hydrogen-bond donors (Lipinski definition) is 0. The highest BCUT2D eigenvalue weighted by atomic mass is 16.3. The van der Waals surface area contributed by atoms with E-state index >= 15 is 0 Å². The number of hydrogen-bond acceptors (Lipinski definition) is 3. The second-order valence-electron chi connectivity index (χ2n) is 16.5. The van der Waals surface area contributed by atoms with Gasteiger partial charge in [-0.05, 0) is 122 Å². The van der Waals surface area contributed by atoms with Crippen LogP contribution < -0.4 is 9.80 Å². The monoisotopic (exact) mass is 830 g/mol. The molecule has 11 aromatic carbocycles. The molecule has 0 radical (unpaired) electrons. The number of nitrogens with zero attached hydrogens (tertiary/aromatic N) is 2. The predicted molar refractivity (Wildman–Crippen MR) is 274 cm³/mol. The lowest BCUT2D eigenvalue weighted by Gasteiger charge is -2.28. The Morgan fingerprint density at radius 3 is 1.23 bits per heavy atom. The molecule has 0 saturated carbocycles. The minimum atomic E-state index is 0.866. The van der Waals surface area contributed by atoms with E-state index < -0.39 is 0 Å². The van der Waals surface area contributed by atoms with Crippen molar-refractivity contribution in [2.75, 3.05) is 9.80 Å². The zero-order valence-corrected chi connectivity index (χ0v) is 35.6. The summed E-state index contributed by atoms with van der Waals surface area (Å²) in [5.41, 5.74) is 15.4. The van der Waals surface area contributed by atoms with Gasteiger partial charge in [-0.1, -0.05) is 176 Å². The molecular weight excluding hydrogens is 789 g/mol. The van der Waals surface area contributed by atoms with Crippen LogP contribution in [0, 0.1) is 0 Å². The molecule has 0 bridgehead atoms. The van der Waals surface area contributed by atoms with Gasteiger partial charge in [-0.15, -0.1) is 0 Å². The first-order valence-corrected chi connectivity index (χ1v) is 22.2. The number of benzene rings is 11. The van der Waals surface area contributed by atoms with E-state index in [0.717, 1.165) is 67.2 Å². The van der Waals surface area contributed by atoms with E-state index in [9.17, 15) is 0 Å². The van der Waals surface area contributed by atoms with Crippen molar-refractivity contribution in [1.29, 1.82) is 0 Å². The summed E-state index contributed by atoms with van der Waals surface area (Å²) in [6.45, 7) is 0. The van der Waals surface area contributed by atoms with Crippen LogP contribution in [0.1, 0.15) is 0 Å². The third kappa shape index (κ3) is 7.06. The first-order chi connectivity index (χ1) is 32.2. The molecule has 0 spiro atoms. The Kier molecular flexibility index (Phi) is 9.50.